The van der Waals surface area contributed by atoms with Gasteiger partial charge in [-0.05, 0) is 0 Å². The summed E-state index contributed by atoms with van der Waals surface area (Å²) < 4.78 is 0. The summed E-state index contributed by atoms with van der Waals surface area (Å²) in [6, 6.07) is 0. The Morgan fingerprint density at radius 1 is 0.750 bits per heavy atom. The molecule has 0 atom stereocenters. The zero-order chi connectivity index (χ0) is 0. The molecule has 4 heavy (non-hydrogen) atoms. The monoisotopic (exact) mass is 198 g/mol. The van der Waals surface area contributed by atoms with Crippen molar-refractivity contribution in [1.29, 1.82) is 0 Å². The van der Waals surface area contributed by atoms with E-state index in [0.717, 1.165) is 0 Å². The quantitative estimate of drug-likeness (QED) is 0.502. The normalized spacial score (nSPS) is 0. The zero-order valence-electron chi connectivity index (χ0n) is 0.957. The Morgan fingerprint density at radius 2 is 0.750 bits per heavy atom. The zero-order valence-corrected chi connectivity index (χ0v) is 3.94. The molecule has 0 aliphatic carbocycles. The van der Waals surface area contributed by atoms with Gasteiger partial charge in [-0.25, -0.2) is 0 Å². The smallest absolute Gasteiger partial charge is 0 e. The second-order valence-electron chi connectivity index (χ2n) is 0. The fourth-order valence-corrected chi connectivity index (χ4v) is 0. The van der Waals surface area contributed by atoms with Gasteiger partial charge < -0.3 is 0 Å². The molecule has 0 aromatic rings. The summed E-state index contributed by atoms with van der Waals surface area (Å²) in [5.74, 6) is 0. The van der Waals surface area contributed by atoms with Crippen molar-refractivity contribution in [2.24, 2.45) is 0 Å². The van der Waals surface area contributed by atoms with E-state index in [1.807, 2.05) is 0 Å². The number of rotatable bonds is 0. The summed E-state index contributed by atoms with van der Waals surface area (Å²) in [6.07, 6.45) is 0. The van der Waals surface area contributed by atoms with Crippen LogP contribution in [0.2, 0.25) is 0 Å². The van der Waals surface area contributed by atoms with Crippen LogP contribution in [0.4, 0.5) is 0 Å². The molecular formula is CH4Cu2Fe. The molecule has 0 saturated heterocycles. The Kier molecular flexibility index (Phi) is 283. The predicted octanol–water partition coefficient (Wildman–Crippen LogP) is 0.629. The minimum atomic E-state index is 0. The topological polar surface area (TPSA) is 0 Å². The third-order valence-corrected chi connectivity index (χ3v) is 0. The van der Waals surface area contributed by atoms with Crippen LogP contribution in [0, 0.1) is 0 Å². The first kappa shape index (κ1) is 47.6. The van der Waals surface area contributed by atoms with Crippen molar-refractivity contribution in [3.05, 3.63) is 0 Å². The Balaban J connectivity index is 0. The third-order valence-electron chi connectivity index (χ3n) is 0. The van der Waals surface area contributed by atoms with Gasteiger partial charge in [0.2, 0.25) is 0 Å². The van der Waals surface area contributed by atoms with Crippen molar-refractivity contribution >= 4 is 0 Å². The summed E-state index contributed by atoms with van der Waals surface area (Å²) in [5.41, 5.74) is 0. The molecule has 0 nitrogen and oxygen atoms in total. The van der Waals surface area contributed by atoms with Crippen molar-refractivity contribution in [3.63, 3.8) is 0 Å². The molecule has 0 unspecified atom stereocenters. The van der Waals surface area contributed by atoms with Gasteiger partial charge >= 0.3 is 0 Å². The molecule has 0 rings (SSSR count). The summed E-state index contributed by atoms with van der Waals surface area (Å²) in [4.78, 5) is 0. The molecule has 0 aliphatic heterocycles. The third kappa shape index (κ3) is 9.59. The largest absolute Gasteiger partial charge is 0.0776 e. The van der Waals surface area contributed by atoms with Gasteiger partial charge in [0.1, 0.15) is 0 Å². The van der Waals surface area contributed by atoms with Crippen LogP contribution in [0.3, 0.4) is 0 Å². The van der Waals surface area contributed by atoms with Gasteiger partial charge in [0.05, 0.1) is 0 Å². The summed E-state index contributed by atoms with van der Waals surface area (Å²) in [5, 5.41) is 0. The van der Waals surface area contributed by atoms with Crippen LogP contribution in [-0.4, -0.2) is 0 Å². The molecule has 38 valence electrons. The minimum Gasteiger partial charge on any atom is -0.0776 e. The van der Waals surface area contributed by atoms with Crippen molar-refractivity contribution < 1.29 is 51.2 Å². The molecule has 0 spiro atoms. The van der Waals surface area contributed by atoms with E-state index in [1.54, 1.807) is 0 Å². The van der Waals surface area contributed by atoms with E-state index in [0.29, 0.717) is 0 Å². The van der Waals surface area contributed by atoms with Crippen molar-refractivity contribution in [3.8, 4) is 0 Å². The van der Waals surface area contributed by atoms with E-state index < -0.39 is 0 Å². The van der Waals surface area contributed by atoms with Gasteiger partial charge in [-0.1, -0.05) is 7.43 Å². The predicted molar refractivity (Wildman–Crippen MR) is 6.73 cm³/mol. The Labute approximate surface area is 58.5 Å². The molecule has 0 aromatic carbocycles. The molecule has 2 radical (unpaired) electrons. The first-order valence-corrected chi connectivity index (χ1v) is 0. The number of hydrogen-bond donors (Lipinski definition) is 0. The molecule has 0 N–H and O–H groups in total. The molecule has 0 amide bonds. The van der Waals surface area contributed by atoms with E-state index in [2.05, 4.69) is 0 Å². The molecule has 3 heteroatoms. The summed E-state index contributed by atoms with van der Waals surface area (Å²) in [6.45, 7) is 0. The average molecular weight is 199 g/mol. The van der Waals surface area contributed by atoms with Gasteiger partial charge in [-0.15, -0.1) is 0 Å². The van der Waals surface area contributed by atoms with Crippen molar-refractivity contribution in [1.82, 2.24) is 0 Å². The molecule has 0 heterocycles. The van der Waals surface area contributed by atoms with E-state index in [-0.39, 0.29) is 58.6 Å². The minimum absolute atomic E-state index is 0. The van der Waals surface area contributed by atoms with Gasteiger partial charge in [0.25, 0.3) is 0 Å². The molecule has 0 aromatic heterocycles. The molecule has 0 fully saturated rings. The van der Waals surface area contributed by atoms with Gasteiger partial charge in [0, 0.05) is 51.2 Å². The van der Waals surface area contributed by atoms with Crippen LogP contribution < -0.4 is 0 Å². The van der Waals surface area contributed by atoms with E-state index >= 15 is 0 Å². The molecular weight excluding hydrogens is 195 g/mol. The maximum atomic E-state index is 0. The van der Waals surface area contributed by atoms with Crippen LogP contribution in [0.1, 0.15) is 7.43 Å². The van der Waals surface area contributed by atoms with E-state index in [1.165, 1.54) is 0 Å². The Morgan fingerprint density at radius 3 is 0.750 bits per heavy atom. The maximum absolute atomic E-state index is 0. The van der Waals surface area contributed by atoms with Crippen LogP contribution in [0.5, 0.6) is 0 Å². The summed E-state index contributed by atoms with van der Waals surface area (Å²) >= 11 is 0. The maximum Gasteiger partial charge on any atom is 0 e. The van der Waals surface area contributed by atoms with E-state index in [4.69, 9.17) is 0 Å². The summed E-state index contributed by atoms with van der Waals surface area (Å²) in [7, 11) is 0. The van der Waals surface area contributed by atoms with Gasteiger partial charge in [-0.2, -0.15) is 0 Å². The second kappa shape index (κ2) is 23.8. The van der Waals surface area contributed by atoms with Crippen LogP contribution in [0.15, 0.2) is 0 Å². The fraction of sp³-hybridized carbons (Fsp3) is 1.00. The van der Waals surface area contributed by atoms with Crippen molar-refractivity contribution in [2.75, 3.05) is 0 Å². The van der Waals surface area contributed by atoms with Crippen LogP contribution >= 0.6 is 0 Å². The van der Waals surface area contributed by atoms with E-state index in [9.17, 15) is 0 Å². The van der Waals surface area contributed by atoms with Crippen molar-refractivity contribution in [2.45, 2.75) is 7.43 Å². The fourth-order valence-electron chi connectivity index (χ4n) is 0. The van der Waals surface area contributed by atoms with Gasteiger partial charge in [0.15, 0.2) is 0 Å². The van der Waals surface area contributed by atoms with Crippen LogP contribution in [-0.2, 0) is 51.2 Å². The SMILES string of the molecule is C.[Cu].[Cu].[Fe]. The van der Waals surface area contributed by atoms with Gasteiger partial charge in [-0.3, -0.25) is 0 Å². The van der Waals surface area contributed by atoms with Crippen LogP contribution in [0.25, 0.3) is 0 Å². The first-order valence-electron chi connectivity index (χ1n) is 0. The Hall–Kier alpha value is 1.56. The average Bonchev–Trinajstić information content (AvgIpc) is 0. The Bertz CT molecular complexity index is 6.00. The molecule has 0 aliphatic rings. The standard InChI is InChI=1S/CH4.2Cu.Fe/h1H4;;;. The number of hydrogen-bond acceptors (Lipinski definition) is 0. The second-order valence-corrected chi connectivity index (χ2v) is 0. The first-order chi connectivity index (χ1) is 0. The molecule has 0 saturated carbocycles. The molecule has 0 bridgehead atoms.